The Balaban J connectivity index is 1.34. The zero-order valence-electron chi connectivity index (χ0n) is 17.2. The van der Waals surface area contributed by atoms with Crippen molar-refractivity contribution >= 4 is 23.2 Å². The van der Waals surface area contributed by atoms with Gasteiger partial charge >= 0.3 is 0 Å². The molecular formula is C22H30N4O2S. The van der Waals surface area contributed by atoms with Crippen molar-refractivity contribution in [3.05, 3.63) is 22.7 Å². The van der Waals surface area contributed by atoms with Gasteiger partial charge in [0.05, 0.1) is 26.0 Å². The molecule has 1 atom stereocenters. The molecule has 3 aliphatic rings. The Morgan fingerprint density at radius 1 is 1.21 bits per heavy atom. The highest BCUT2D eigenvalue weighted by Crippen LogP contribution is 2.41. The molecule has 1 unspecified atom stereocenters. The molecule has 2 aromatic heterocycles. The fourth-order valence-electron chi connectivity index (χ4n) is 5.17. The summed E-state index contributed by atoms with van der Waals surface area (Å²) in [4.78, 5) is 10.7. The quantitative estimate of drug-likeness (QED) is 0.784. The number of hydrogen-bond acceptors (Lipinski definition) is 6. The summed E-state index contributed by atoms with van der Waals surface area (Å²) in [6.45, 7) is 6.28. The van der Waals surface area contributed by atoms with Crippen molar-refractivity contribution in [2.45, 2.75) is 44.7 Å². The first-order valence-corrected chi connectivity index (χ1v) is 11.6. The molecule has 0 aromatic carbocycles. The Labute approximate surface area is 176 Å². The maximum atomic E-state index is 5.53. The van der Waals surface area contributed by atoms with Gasteiger partial charge in [-0.3, -0.25) is 4.90 Å². The normalized spacial score (nSPS) is 27.8. The average Bonchev–Trinajstić information content (AvgIpc) is 3.40. The molecule has 0 bridgehead atoms. The summed E-state index contributed by atoms with van der Waals surface area (Å²) >= 11 is 1.54. The van der Waals surface area contributed by atoms with Crippen LogP contribution in [0.4, 0.5) is 5.82 Å². The lowest BCUT2D eigenvalue weighted by Crippen LogP contribution is -2.45. The molecule has 1 saturated heterocycles. The van der Waals surface area contributed by atoms with Crippen LogP contribution in [0, 0.1) is 5.92 Å². The summed E-state index contributed by atoms with van der Waals surface area (Å²) < 4.78 is 10.8. The lowest BCUT2D eigenvalue weighted by molar-refractivity contribution is 0.00604. The highest BCUT2D eigenvalue weighted by Gasteiger charge is 2.32. The third-order valence-corrected chi connectivity index (χ3v) is 7.56. The Morgan fingerprint density at radius 2 is 2.00 bits per heavy atom. The zero-order valence-corrected chi connectivity index (χ0v) is 18.1. The third kappa shape index (κ3) is 3.71. The van der Waals surface area contributed by atoms with Gasteiger partial charge in [-0.25, -0.2) is 4.98 Å². The van der Waals surface area contributed by atoms with Gasteiger partial charge in [-0.05, 0) is 50.2 Å². The minimum absolute atomic E-state index is 0.365. The van der Waals surface area contributed by atoms with Crippen LogP contribution in [0.25, 0.3) is 17.3 Å². The van der Waals surface area contributed by atoms with Crippen LogP contribution < -0.4 is 10.1 Å². The molecule has 1 saturated carbocycles. The van der Waals surface area contributed by atoms with E-state index in [0.717, 1.165) is 49.4 Å². The van der Waals surface area contributed by atoms with Crippen LogP contribution in [0.15, 0.2) is 17.2 Å². The molecule has 7 heteroatoms. The van der Waals surface area contributed by atoms with E-state index in [4.69, 9.17) is 9.47 Å². The maximum absolute atomic E-state index is 5.53. The van der Waals surface area contributed by atoms with Crippen LogP contribution in [0.2, 0.25) is 0 Å². The van der Waals surface area contributed by atoms with E-state index >= 15 is 0 Å². The average molecular weight is 415 g/mol. The van der Waals surface area contributed by atoms with Gasteiger partial charge in [0.15, 0.2) is 0 Å². The van der Waals surface area contributed by atoms with Gasteiger partial charge in [0.2, 0.25) is 0 Å². The predicted octanol–water partition coefficient (Wildman–Crippen LogP) is 4.24. The Morgan fingerprint density at radius 3 is 2.72 bits per heavy atom. The first kappa shape index (κ1) is 19.2. The molecule has 4 heterocycles. The van der Waals surface area contributed by atoms with Crippen LogP contribution in [-0.2, 0) is 4.74 Å². The van der Waals surface area contributed by atoms with Crippen molar-refractivity contribution in [2.75, 3.05) is 38.7 Å². The second-order valence-corrected chi connectivity index (χ2v) is 9.18. The van der Waals surface area contributed by atoms with Crippen molar-refractivity contribution in [1.29, 1.82) is 0 Å². The molecule has 6 nitrogen and oxygen atoms in total. The van der Waals surface area contributed by atoms with E-state index in [-0.39, 0.29) is 0 Å². The second kappa shape index (κ2) is 8.13. The molecule has 2 N–H and O–H groups in total. The fourth-order valence-corrected chi connectivity index (χ4v) is 5.81. The number of nitrogens with zero attached hydrogens (tertiary/aromatic N) is 2. The first-order chi connectivity index (χ1) is 14.2. The van der Waals surface area contributed by atoms with Crippen molar-refractivity contribution in [2.24, 2.45) is 5.92 Å². The molecule has 2 fully saturated rings. The smallest absolute Gasteiger partial charge is 0.273 e. The van der Waals surface area contributed by atoms with Crippen molar-refractivity contribution in [3.8, 4) is 16.5 Å². The third-order valence-electron chi connectivity index (χ3n) is 6.76. The van der Waals surface area contributed by atoms with Gasteiger partial charge in [0.1, 0.15) is 5.82 Å². The minimum atomic E-state index is 0.365. The molecular weight excluding hydrogens is 384 g/mol. The van der Waals surface area contributed by atoms with Gasteiger partial charge in [-0.2, -0.15) is 0 Å². The second-order valence-electron chi connectivity index (χ2n) is 8.36. The standard InChI is InChI=1S/C22H30N4O2S/c1-14-17(15-3-5-16(6-4-15)26-7-9-28-10-8-26)11-18-19(12-23-21(18)24-14)20-13-29-22(25-20)27-2/h11-16,23-24H,3-10H2,1-2H3. The van der Waals surface area contributed by atoms with E-state index in [9.17, 15) is 0 Å². The van der Waals surface area contributed by atoms with Crippen LogP contribution in [0.3, 0.4) is 0 Å². The lowest BCUT2D eigenvalue weighted by Gasteiger charge is -2.40. The van der Waals surface area contributed by atoms with E-state index in [1.165, 1.54) is 42.6 Å². The highest BCUT2D eigenvalue weighted by atomic mass is 32.1. The highest BCUT2D eigenvalue weighted by molar-refractivity contribution is 7.11. The maximum Gasteiger partial charge on any atom is 0.273 e. The number of anilines is 1. The fraction of sp³-hybridized carbons (Fsp3) is 0.591. The number of morpholine rings is 1. The monoisotopic (exact) mass is 414 g/mol. The van der Waals surface area contributed by atoms with Gasteiger partial charge < -0.3 is 19.8 Å². The summed E-state index contributed by atoms with van der Waals surface area (Å²) in [6.07, 6.45) is 9.64. The van der Waals surface area contributed by atoms with Crippen LogP contribution in [-0.4, -0.2) is 60.4 Å². The number of aromatic nitrogens is 2. The van der Waals surface area contributed by atoms with E-state index in [1.54, 1.807) is 12.7 Å². The number of thiazole rings is 1. The molecule has 5 rings (SSSR count). The Kier molecular flexibility index (Phi) is 5.37. The number of fused-ring (bicyclic) bond motifs is 1. The van der Waals surface area contributed by atoms with E-state index in [2.05, 4.69) is 44.8 Å². The van der Waals surface area contributed by atoms with Gasteiger partial charge in [-0.15, -0.1) is 0 Å². The first-order valence-electron chi connectivity index (χ1n) is 10.7. The number of methoxy groups -OCH3 is 1. The zero-order chi connectivity index (χ0) is 19.8. The number of aromatic amines is 1. The summed E-state index contributed by atoms with van der Waals surface area (Å²) in [5.74, 6) is 1.76. The molecule has 1 aliphatic carbocycles. The number of hydrogen-bond donors (Lipinski definition) is 2. The molecule has 2 aliphatic heterocycles. The largest absolute Gasteiger partial charge is 0.473 e. The summed E-state index contributed by atoms with van der Waals surface area (Å²) in [7, 11) is 1.67. The Bertz CT molecular complexity index is 875. The van der Waals surface area contributed by atoms with Crippen molar-refractivity contribution < 1.29 is 9.47 Å². The molecule has 0 radical (unpaired) electrons. The van der Waals surface area contributed by atoms with Gasteiger partial charge in [0, 0.05) is 47.9 Å². The molecule has 29 heavy (non-hydrogen) atoms. The van der Waals surface area contributed by atoms with Crippen LogP contribution >= 0.6 is 11.3 Å². The molecule has 156 valence electrons. The lowest BCUT2D eigenvalue weighted by atomic mass is 9.77. The van der Waals surface area contributed by atoms with Crippen LogP contribution in [0.5, 0.6) is 5.19 Å². The Hall–Kier alpha value is -1.83. The van der Waals surface area contributed by atoms with Gasteiger partial charge in [0.25, 0.3) is 5.19 Å². The molecule has 2 aromatic rings. The minimum Gasteiger partial charge on any atom is -0.473 e. The topological polar surface area (TPSA) is 62.4 Å². The summed E-state index contributed by atoms with van der Waals surface area (Å²) in [5, 5.41) is 6.46. The predicted molar refractivity (Wildman–Crippen MR) is 118 cm³/mol. The van der Waals surface area contributed by atoms with Crippen molar-refractivity contribution in [1.82, 2.24) is 14.9 Å². The van der Waals surface area contributed by atoms with Gasteiger partial charge in [-0.1, -0.05) is 11.3 Å². The number of rotatable bonds is 4. The van der Waals surface area contributed by atoms with Crippen LogP contribution in [0.1, 0.15) is 38.2 Å². The van der Waals surface area contributed by atoms with E-state index in [1.807, 2.05) is 0 Å². The molecule has 0 spiro atoms. The molecule has 0 amide bonds. The number of ether oxygens (including phenoxy) is 2. The van der Waals surface area contributed by atoms with E-state index in [0.29, 0.717) is 17.2 Å². The SMILES string of the molecule is COc1nc(-c2c[nH]c3c2C=C(C2CCC(N4CCOCC4)CC2)C(C)N3)cs1. The summed E-state index contributed by atoms with van der Waals surface area (Å²) in [6, 6.07) is 1.10. The van der Waals surface area contributed by atoms with Crippen molar-refractivity contribution in [3.63, 3.8) is 0 Å². The summed E-state index contributed by atoms with van der Waals surface area (Å²) in [5.41, 5.74) is 4.91. The number of H-pyrrole nitrogens is 1. The number of nitrogens with one attached hydrogen (secondary N) is 2. The van der Waals surface area contributed by atoms with E-state index < -0.39 is 0 Å².